The average Bonchev–Trinajstić information content (AvgIpc) is 2.94. The summed E-state index contributed by atoms with van der Waals surface area (Å²) in [5.74, 6) is 0.747. The number of pyridine rings is 1. The monoisotopic (exact) mass is 344 g/mol. The minimum atomic E-state index is 0.0389. The predicted octanol–water partition coefficient (Wildman–Crippen LogP) is 4.98. The lowest BCUT2D eigenvalue weighted by Crippen LogP contribution is -2.27. The normalized spacial score (nSPS) is 17.8. The van der Waals surface area contributed by atoms with Crippen molar-refractivity contribution in [3.8, 4) is 0 Å². The van der Waals surface area contributed by atoms with E-state index in [1.54, 1.807) is 0 Å². The second kappa shape index (κ2) is 6.83. The molecule has 0 aromatic carbocycles. The molecular weight excluding hydrogens is 316 g/mol. The topological polar surface area (TPSA) is 42.0 Å². The van der Waals surface area contributed by atoms with E-state index >= 15 is 0 Å². The zero-order valence-electron chi connectivity index (χ0n) is 15.2. The fourth-order valence-electron chi connectivity index (χ4n) is 3.44. The Morgan fingerprint density at radius 3 is 2.88 bits per heavy atom. The zero-order valence-corrected chi connectivity index (χ0v) is 16.1. The van der Waals surface area contributed by atoms with Gasteiger partial charge in [0, 0.05) is 17.6 Å². The van der Waals surface area contributed by atoms with Crippen LogP contribution in [0.2, 0.25) is 0 Å². The van der Waals surface area contributed by atoms with Gasteiger partial charge in [0.05, 0.1) is 4.88 Å². The number of amides is 1. The molecule has 1 amide bonds. The molecule has 4 heteroatoms. The van der Waals surface area contributed by atoms with Crippen LogP contribution in [0.25, 0.3) is 10.2 Å². The minimum absolute atomic E-state index is 0.0389. The fraction of sp³-hybridized carbons (Fsp3) is 0.600. The summed E-state index contributed by atoms with van der Waals surface area (Å²) in [5.41, 5.74) is 2.96. The van der Waals surface area contributed by atoms with Gasteiger partial charge in [-0.05, 0) is 54.7 Å². The van der Waals surface area contributed by atoms with Gasteiger partial charge in [0.2, 0.25) is 0 Å². The highest BCUT2D eigenvalue weighted by molar-refractivity contribution is 7.20. The van der Waals surface area contributed by atoms with E-state index < -0.39 is 0 Å². The summed E-state index contributed by atoms with van der Waals surface area (Å²) in [4.78, 5) is 18.9. The number of nitrogens with zero attached hydrogens (tertiary/aromatic N) is 1. The van der Waals surface area contributed by atoms with Crippen molar-refractivity contribution in [3.05, 3.63) is 28.3 Å². The van der Waals surface area contributed by atoms with E-state index in [0.717, 1.165) is 47.3 Å². The lowest BCUT2D eigenvalue weighted by atomic mass is 9.71. The Kier molecular flexibility index (Phi) is 4.95. The van der Waals surface area contributed by atoms with Crippen LogP contribution in [0.1, 0.15) is 67.9 Å². The summed E-state index contributed by atoms with van der Waals surface area (Å²) in [6.07, 6.45) is 5.50. The standard InChI is InChI=1S/C20H28N2OS/c1-5-6-9-21-18(23)17-12-14-10-13-11-15(20(2,3)4)7-8-16(13)22-19(14)24-17/h10,12,15H,5-9,11H2,1-4H3,(H,21,23). The predicted molar refractivity (Wildman–Crippen MR) is 102 cm³/mol. The molecule has 2 aromatic heterocycles. The van der Waals surface area contributed by atoms with Crippen molar-refractivity contribution in [2.75, 3.05) is 6.54 Å². The number of carbonyl (C=O) groups is 1. The number of aromatic nitrogens is 1. The fourth-order valence-corrected chi connectivity index (χ4v) is 4.39. The molecule has 0 bridgehead atoms. The number of thiophene rings is 1. The Balaban J connectivity index is 1.83. The molecule has 1 atom stereocenters. The van der Waals surface area contributed by atoms with Gasteiger partial charge in [0.15, 0.2) is 0 Å². The molecule has 1 aliphatic carbocycles. The summed E-state index contributed by atoms with van der Waals surface area (Å²) in [7, 11) is 0. The van der Waals surface area contributed by atoms with Gasteiger partial charge in [-0.2, -0.15) is 0 Å². The van der Waals surface area contributed by atoms with E-state index in [0.29, 0.717) is 11.3 Å². The number of hydrogen-bond donors (Lipinski definition) is 1. The highest BCUT2D eigenvalue weighted by atomic mass is 32.1. The van der Waals surface area contributed by atoms with Crippen molar-refractivity contribution in [1.29, 1.82) is 0 Å². The van der Waals surface area contributed by atoms with Gasteiger partial charge in [-0.15, -0.1) is 11.3 Å². The molecular formula is C20H28N2OS. The quantitative estimate of drug-likeness (QED) is 0.795. The van der Waals surface area contributed by atoms with Gasteiger partial charge in [0.25, 0.3) is 5.91 Å². The molecule has 2 heterocycles. The molecule has 1 unspecified atom stereocenters. The van der Waals surface area contributed by atoms with E-state index in [4.69, 9.17) is 4.98 Å². The maximum absolute atomic E-state index is 12.3. The van der Waals surface area contributed by atoms with Gasteiger partial charge in [0.1, 0.15) is 4.83 Å². The number of aryl methyl sites for hydroxylation is 1. The first-order valence-corrected chi connectivity index (χ1v) is 9.90. The highest BCUT2D eigenvalue weighted by Crippen LogP contribution is 2.38. The molecule has 0 radical (unpaired) electrons. The zero-order chi connectivity index (χ0) is 17.3. The van der Waals surface area contributed by atoms with Crippen LogP contribution < -0.4 is 5.32 Å². The van der Waals surface area contributed by atoms with Crippen LogP contribution in [0.5, 0.6) is 0 Å². The number of carbonyl (C=O) groups excluding carboxylic acids is 1. The molecule has 3 nitrogen and oxygen atoms in total. The number of nitrogens with one attached hydrogen (secondary N) is 1. The first-order chi connectivity index (χ1) is 11.4. The highest BCUT2D eigenvalue weighted by Gasteiger charge is 2.29. The van der Waals surface area contributed by atoms with Gasteiger partial charge in [-0.25, -0.2) is 4.98 Å². The summed E-state index contributed by atoms with van der Waals surface area (Å²) in [5, 5.41) is 4.12. The Morgan fingerprint density at radius 2 is 2.17 bits per heavy atom. The van der Waals surface area contributed by atoms with Gasteiger partial charge >= 0.3 is 0 Å². The Morgan fingerprint density at radius 1 is 1.38 bits per heavy atom. The van der Waals surface area contributed by atoms with Crippen molar-refractivity contribution in [3.63, 3.8) is 0 Å². The largest absolute Gasteiger partial charge is 0.351 e. The molecule has 1 N–H and O–H groups in total. The van der Waals surface area contributed by atoms with Crippen LogP contribution in [-0.2, 0) is 12.8 Å². The maximum atomic E-state index is 12.3. The summed E-state index contributed by atoms with van der Waals surface area (Å²) >= 11 is 1.52. The Hall–Kier alpha value is -1.42. The van der Waals surface area contributed by atoms with Crippen LogP contribution >= 0.6 is 11.3 Å². The number of hydrogen-bond acceptors (Lipinski definition) is 3. The van der Waals surface area contributed by atoms with Gasteiger partial charge in [-0.1, -0.05) is 34.1 Å². The number of unbranched alkanes of at least 4 members (excludes halogenated alkanes) is 1. The van der Waals surface area contributed by atoms with Gasteiger partial charge in [-0.3, -0.25) is 4.79 Å². The second-order valence-electron chi connectivity index (χ2n) is 8.01. The van der Waals surface area contributed by atoms with E-state index in [-0.39, 0.29) is 5.91 Å². The van der Waals surface area contributed by atoms with Crippen LogP contribution in [0.3, 0.4) is 0 Å². The third-order valence-electron chi connectivity index (χ3n) is 5.14. The van der Waals surface area contributed by atoms with Crippen LogP contribution in [-0.4, -0.2) is 17.4 Å². The summed E-state index contributed by atoms with van der Waals surface area (Å²) in [6, 6.07) is 4.28. The maximum Gasteiger partial charge on any atom is 0.261 e. The average molecular weight is 345 g/mol. The van der Waals surface area contributed by atoms with E-state index in [1.807, 2.05) is 6.07 Å². The van der Waals surface area contributed by atoms with Crippen molar-refractivity contribution in [2.45, 2.75) is 59.8 Å². The first kappa shape index (κ1) is 17.4. The lowest BCUT2D eigenvalue weighted by molar-refractivity contribution is 0.0957. The van der Waals surface area contributed by atoms with Crippen molar-refractivity contribution < 1.29 is 4.79 Å². The van der Waals surface area contributed by atoms with Crippen molar-refractivity contribution >= 4 is 27.5 Å². The van der Waals surface area contributed by atoms with Crippen molar-refractivity contribution in [2.24, 2.45) is 11.3 Å². The number of rotatable bonds is 4. The van der Waals surface area contributed by atoms with Crippen molar-refractivity contribution in [1.82, 2.24) is 10.3 Å². The molecule has 3 rings (SSSR count). The van der Waals surface area contributed by atoms with Crippen LogP contribution in [0, 0.1) is 11.3 Å². The Bertz CT molecular complexity index is 742. The molecule has 130 valence electrons. The molecule has 0 spiro atoms. The molecule has 0 saturated heterocycles. The first-order valence-electron chi connectivity index (χ1n) is 9.09. The van der Waals surface area contributed by atoms with Crippen LogP contribution in [0.15, 0.2) is 12.1 Å². The molecule has 2 aromatic rings. The third-order valence-corrected chi connectivity index (χ3v) is 6.18. The number of fused-ring (bicyclic) bond motifs is 2. The van der Waals surface area contributed by atoms with E-state index in [2.05, 4.69) is 39.1 Å². The summed E-state index contributed by atoms with van der Waals surface area (Å²) in [6.45, 7) is 9.87. The SMILES string of the molecule is CCCCNC(=O)c1cc2cc3c(nc2s1)CCC(C(C)(C)C)C3. The molecule has 0 fully saturated rings. The molecule has 0 aliphatic heterocycles. The third kappa shape index (κ3) is 3.64. The Labute approximate surface area is 148 Å². The van der Waals surface area contributed by atoms with Crippen LogP contribution in [0.4, 0.5) is 0 Å². The second-order valence-corrected chi connectivity index (χ2v) is 9.05. The minimum Gasteiger partial charge on any atom is -0.351 e. The van der Waals surface area contributed by atoms with E-state index in [1.165, 1.54) is 29.0 Å². The van der Waals surface area contributed by atoms with E-state index in [9.17, 15) is 4.79 Å². The molecule has 1 aliphatic rings. The smallest absolute Gasteiger partial charge is 0.261 e. The summed E-state index contributed by atoms with van der Waals surface area (Å²) < 4.78 is 0. The van der Waals surface area contributed by atoms with Gasteiger partial charge < -0.3 is 5.32 Å². The lowest BCUT2D eigenvalue weighted by Gasteiger charge is -2.34. The molecule has 0 saturated carbocycles. The molecule has 24 heavy (non-hydrogen) atoms.